The highest BCUT2D eigenvalue weighted by molar-refractivity contribution is 5.79. The highest BCUT2D eigenvalue weighted by atomic mass is 16.5. The van der Waals surface area contributed by atoms with Crippen molar-refractivity contribution in [1.29, 1.82) is 0 Å². The van der Waals surface area contributed by atoms with Gasteiger partial charge < -0.3 is 36.1 Å². The Morgan fingerprint density at radius 2 is 2.17 bits per heavy atom. The average molecular weight is 421 g/mol. The quantitative estimate of drug-likeness (QED) is 0.392. The smallest absolute Gasteiger partial charge is 0.337 e. The van der Waals surface area contributed by atoms with Crippen LogP contribution in [0.5, 0.6) is 0 Å². The summed E-state index contributed by atoms with van der Waals surface area (Å²) in [7, 11) is 0. The molecule has 0 aromatic carbocycles. The second-order valence-electron chi connectivity index (χ2n) is 8.23. The highest BCUT2D eigenvalue weighted by Crippen LogP contribution is 2.28. The van der Waals surface area contributed by atoms with Crippen LogP contribution in [0.4, 0.5) is 0 Å². The van der Waals surface area contributed by atoms with Gasteiger partial charge in [-0.1, -0.05) is 6.92 Å². The van der Waals surface area contributed by atoms with Gasteiger partial charge in [0.2, 0.25) is 0 Å². The summed E-state index contributed by atoms with van der Waals surface area (Å²) in [5, 5.41) is 26.5. The van der Waals surface area contributed by atoms with Crippen LogP contribution in [0.25, 0.3) is 0 Å². The second kappa shape index (κ2) is 9.99. The fourth-order valence-corrected chi connectivity index (χ4v) is 3.78. The number of carbonyl (C=O) groups is 1. The van der Waals surface area contributed by atoms with Crippen LogP contribution in [-0.4, -0.2) is 59.1 Å². The summed E-state index contributed by atoms with van der Waals surface area (Å²) in [5.41, 5.74) is 3.85. The normalized spacial score (nSPS) is 28.8. The fourth-order valence-electron chi connectivity index (χ4n) is 3.78. The van der Waals surface area contributed by atoms with Crippen LogP contribution in [0.3, 0.4) is 0 Å². The molecular formula is C21H32N4O5. The van der Waals surface area contributed by atoms with Gasteiger partial charge in [0.25, 0.3) is 6.02 Å². The molecule has 9 nitrogen and oxygen atoms in total. The maximum atomic E-state index is 11.9. The number of nitrogens with two attached hydrogens (primary N) is 1. The average Bonchev–Trinajstić information content (AvgIpc) is 2.74. The van der Waals surface area contributed by atoms with Gasteiger partial charge in [0.05, 0.1) is 18.2 Å². The summed E-state index contributed by atoms with van der Waals surface area (Å²) in [6.07, 6.45) is 13.1. The van der Waals surface area contributed by atoms with E-state index in [4.69, 9.17) is 15.2 Å². The first-order chi connectivity index (χ1) is 14.4. The Morgan fingerprint density at radius 1 is 1.40 bits per heavy atom. The van der Waals surface area contributed by atoms with Crippen LogP contribution in [0, 0.1) is 5.92 Å². The van der Waals surface area contributed by atoms with Crippen molar-refractivity contribution in [3.8, 4) is 0 Å². The molecule has 0 spiro atoms. The van der Waals surface area contributed by atoms with Crippen LogP contribution in [0.1, 0.15) is 39.0 Å². The first-order valence-electron chi connectivity index (χ1n) is 10.5. The van der Waals surface area contributed by atoms with Gasteiger partial charge in [0, 0.05) is 25.4 Å². The van der Waals surface area contributed by atoms with Gasteiger partial charge >= 0.3 is 5.97 Å². The molecule has 2 aliphatic heterocycles. The summed E-state index contributed by atoms with van der Waals surface area (Å²) in [6.45, 7) is 2.62. The van der Waals surface area contributed by atoms with Gasteiger partial charge in [0.1, 0.15) is 12.4 Å². The monoisotopic (exact) mass is 420 g/mol. The first-order valence-corrected chi connectivity index (χ1v) is 10.5. The molecular weight excluding hydrogens is 388 g/mol. The maximum absolute atomic E-state index is 11.9. The third kappa shape index (κ3) is 5.76. The Bertz CT molecular complexity index is 727. The van der Waals surface area contributed by atoms with Crippen molar-refractivity contribution in [2.24, 2.45) is 16.6 Å². The molecule has 30 heavy (non-hydrogen) atoms. The van der Waals surface area contributed by atoms with Crippen LogP contribution in [0.2, 0.25) is 0 Å². The lowest BCUT2D eigenvalue weighted by Gasteiger charge is -2.34. The predicted octanol–water partition coefficient (Wildman–Crippen LogP) is 0.974. The van der Waals surface area contributed by atoms with Gasteiger partial charge in [-0.15, -0.1) is 0 Å². The Labute approximate surface area is 176 Å². The number of amidine groups is 1. The highest BCUT2D eigenvalue weighted by Gasteiger charge is 2.44. The number of nitrogens with zero attached hydrogens (tertiary/aromatic N) is 1. The molecule has 1 fully saturated rings. The van der Waals surface area contributed by atoms with E-state index in [2.05, 4.69) is 22.5 Å². The molecule has 1 saturated carbocycles. The standard InChI is InChI=1S/C21H32N4O5/c1-14-3-5-16(6-4-14)30-17-7-10-23-15(11-17)12-21(28,19(26)27)18(22)13-29-20-24-8-2-9-25-20/h2,7-8,10-11,14-16,18,23,28H,3-6,9,12-13,22H2,1H3,(H,24,25)(H,26,27)/t14-,15?,16-,18-,21+/m0/s1. The molecule has 0 saturated heterocycles. The van der Waals surface area contributed by atoms with Crippen molar-refractivity contribution in [2.75, 3.05) is 13.2 Å². The van der Waals surface area contributed by atoms with Crippen molar-refractivity contribution < 1.29 is 24.5 Å². The van der Waals surface area contributed by atoms with E-state index in [1.165, 1.54) is 0 Å². The topological polar surface area (TPSA) is 138 Å². The molecule has 0 bridgehead atoms. The molecule has 1 aliphatic carbocycles. The van der Waals surface area contributed by atoms with Gasteiger partial charge in [0.15, 0.2) is 5.60 Å². The van der Waals surface area contributed by atoms with E-state index in [1.54, 1.807) is 18.5 Å². The molecule has 0 aromatic rings. The minimum absolute atomic E-state index is 0.133. The molecule has 3 aliphatic rings. The Hall–Kier alpha value is -2.52. The van der Waals surface area contributed by atoms with Crippen molar-refractivity contribution in [3.63, 3.8) is 0 Å². The predicted molar refractivity (Wildman–Crippen MR) is 112 cm³/mol. The Morgan fingerprint density at radius 3 is 2.83 bits per heavy atom. The molecule has 6 N–H and O–H groups in total. The van der Waals surface area contributed by atoms with E-state index in [0.29, 0.717) is 12.3 Å². The number of aliphatic carboxylic acids is 1. The molecule has 0 amide bonds. The molecule has 0 aromatic heterocycles. The van der Waals surface area contributed by atoms with Crippen LogP contribution >= 0.6 is 0 Å². The zero-order valence-corrected chi connectivity index (χ0v) is 17.3. The summed E-state index contributed by atoms with van der Waals surface area (Å²) >= 11 is 0. The number of rotatable bonds is 8. The summed E-state index contributed by atoms with van der Waals surface area (Å²) < 4.78 is 11.5. The van der Waals surface area contributed by atoms with Gasteiger partial charge in [-0.05, 0) is 49.8 Å². The number of hydrogen-bond acceptors (Lipinski definition) is 8. The van der Waals surface area contributed by atoms with Crippen molar-refractivity contribution >= 4 is 12.0 Å². The SMILES string of the molecule is C[C@H]1CC[C@H](OC2=CC(C[C@](O)(C(=O)O)[C@@H](N)COC3=NC=CCN3)NC=C2)CC1. The minimum Gasteiger partial charge on any atom is -0.491 e. The number of dihydropyridines is 1. The number of allylic oxidation sites excluding steroid dienone is 1. The van der Waals surface area contributed by atoms with E-state index in [1.807, 2.05) is 12.2 Å². The third-order valence-corrected chi connectivity index (χ3v) is 5.77. The number of carboxylic acids is 1. The Balaban J connectivity index is 1.59. The van der Waals surface area contributed by atoms with Crippen LogP contribution < -0.4 is 16.4 Å². The molecule has 166 valence electrons. The molecule has 0 radical (unpaired) electrons. The lowest BCUT2D eigenvalue weighted by Crippen LogP contribution is -2.59. The molecule has 9 heteroatoms. The molecule has 3 rings (SSSR count). The molecule has 3 atom stereocenters. The summed E-state index contributed by atoms with van der Waals surface area (Å²) in [6, 6.07) is -1.35. The van der Waals surface area contributed by atoms with E-state index in [-0.39, 0.29) is 25.2 Å². The van der Waals surface area contributed by atoms with E-state index >= 15 is 0 Å². The maximum Gasteiger partial charge on any atom is 0.337 e. The van der Waals surface area contributed by atoms with E-state index in [9.17, 15) is 15.0 Å². The number of ether oxygens (including phenoxy) is 2. The lowest BCUT2D eigenvalue weighted by molar-refractivity contribution is -0.163. The number of nitrogens with one attached hydrogen (secondary N) is 2. The first kappa shape index (κ1) is 22.2. The van der Waals surface area contributed by atoms with Crippen LogP contribution in [-0.2, 0) is 14.3 Å². The molecule has 2 heterocycles. The van der Waals surface area contributed by atoms with E-state index in [0.717, 1.165) is 31.6 Å². The zero-order valence-electron chi connectivity index (χ0n) is 17.3. The number of aliphatic hydroxyl groups is 1. The minimum atomic E-state index is -2.18. The third-order valence-electron chi connectivity index (χ3n) is 5.77. The summed E-state index contributed by atoms with van der Waals surface area (Å²) in [4.78, 5) is 15.9. The second-order valence-corrected chi connectivity index (χ2v) is 8.23. The van der Waals surface area contributed by atoms with E-state index < -0.39 is 23.7 Å². The number of hydrogen-bond donors (Lipinski definition) is 5. The van der Waals surface area contributed by atoms with Gasteiger partial charge in [-0.3, -0.25) is 0 Å². The van der Waals surface area contributed by atoms with Gasteiger partial charge in [-0.25, -0.2) is 9.79 Å². The number of carboxylic acid groups (broad SMARTS) is 1. The fraction of sp³-hybridized carbons (Fsp3) is 0.619. The lowest BCUT2D eigenvalue weighted by atomic mass is 9.87. The van der Waals surface area contributed by atoms with Crippen molar-refractivity contribution in [2.45, 2.75) is 62.8 Å². The zero-order chi connectivity index (χ0) is 21.6. The Kier molecular flexibility index (Phi) is 7.38. The number of aliphatic imine (C=N–C) groups is 1. The molecule has 1 unspecified atom stereocenters. The van der Waals surface area contributed by atoms with Gasteiger partial charge in [-0.2, -0.15) is 0 Å². The van der Waals surface area contributed by atoms with Crippen molar-refractivity contribution in [3.05, 3.63) is 36.4 Å². The largest absolute Gasteiger partial charge is 0.491 e. The van der Waals surface area contributed by atoms with Crippen molar-refractivity contribution in [1.82, 2.24) is 10.6 Å². The van der Waals surface area contributed by atoms with Crippen LogP contribution in [0.15, 0.2) is 41.4 Å². The summed E-state index contributed by atoms with van der Waals surface area (Å²) in [5.74, 6) is 0.0177.